The van der Waals surface area contributed by atoms with Gasteiger partial charge in [-0.25, -0.2) is 0 Å². The van der Waals surface area contributed by atoms with Gasteiger partial charge in [-0.3, -0.25) is 4.79 Å². The maximum absolute atomic E-state index is 12.4. The van der Waals surface area contributed by atoms with Crippen LogP contribution in [-0.4, -0.2) is 5.91 Å². The molecule has 6 heteroatoms. The number of hydrogen-bond donors (Lipinski definition) is 1. The number of nitrogens with one attached hydrogen (secondary N) is 1. The van der Waals surface area contributed by atoms with Gasteiger partial charge >= 0.3 is 0 Å². The molecule has 0 aliphatic heterocycles. The monoisotopic (exact) mass is 471 g/mol. The first-order chi connectivity index (χ1) is 11.5. The van der Waals surface area contributed by atoms with Gasteiger partial charge in [0, 0.05) is 14.2 Å². The fourth-order valence-corrected chi connectivity index (χ4v) is 3.33. The second-order valence-electron chi connectivity index (χ2n) is 5.15. The van der Waals surface area contributed by atoms with E-state index >= 15 is 0 Å². The molecule has 0 spiro atoms. The van der Waals surface area contributed by atoms with Crippen molar-refractivity contribution in [2.45, 2.75) is 6.92 Å². The molecule has 0 radical (unpaired) electrons. The van der Waals surface area contributed by atoms with Crippen molar-refractivity contribution in [3.05, 3.63) is 73.5 Å². The third-order valence-electron chi connectivity index (χ3n) is 3.54. The molecule has 122 valence electrons. The zero-order valence-electron chi connectivity index (χ0n) is 12.6. The summed E-state index contributed by atoms with van der Waals surface area (Å²) in [6.45, 7) is 1.91. The second-order valence-corrected chi connectivity index (χ2v) is 7.21. The van der Waals surface area contributed by atoms with Gasteiger partial charge < -0.3 is 9.73 Å². The predicted octanol–water partition coefficient (Wildman–Crippen LogP) is 6.42. The summed E-state index contributed by atoms with van der Waals surface area (Å²) in [5, 5.41) is 3.88. The summed E-state index contributed by atoms with van der Waals surface area (Å²) in [5.74, 6) is 0.442. The Kier molecular flexibility index (Phi) is 5.18. The number of amides is 1. The van der Waals surface area contributed by atoms with Crippen LogP contribution in [0.4, 0.5) is 5.69 Å². The minimum absolute atomic E-state index is 0.207. The number of rotatable bonds is 3. The van der Waals surface area contributed by atoms with E-state index in [1.165, 1.54) is 0 Å². The molecule has 3 aromatic rings. The van der Waals surface area contributed by atoms with Crippen molar-refractivity contribution in [3.63, 3.8) is 0 Å². The van der Waals surface area contributed by atoms with Crippen molar-refractivity contribution < 1.29 is 9.21 Å². The Morgan fingerprint density at radius 1 is 1.08 bits per heavy atom. The standard InChI is InChI=1S/C18H12Cl2INO2/c1-10-12(3-2-4-13(10)19)16-7-8-17(24-16)18(23)22-15-6-5-11(21)9-14(15)20/h2-9H,1H3,(H,22,23). The van der Waals surface area contributed by atoms with Crippen molar-refractivity contribution >= 4 is 57.4 Å². The van der Waals surface area contributed by atoms with Crippen molar-refractivity contribution in [3.8, 4) is 11.3 Å². The Balaban J connectivity index is 1.85. The number of hydrogen-bond acceptors (Lipinski definition) is 2. The van der Waals surface area contributed by atoms with Gasteiger partial charge in [-0.1, -0.05) is 35.3 Å². The quantitative estimate of drug-likeness (QED) is 0.448. The molecular formula is C18H12Cl2INO2. The average molecular weight is 472 g/mol. The lowest BCUT2D eigenvalue weighted by Gasteiger charge is -2.06. The first-order valence-corrected chi connectivity index (χ1v) is 8.91. The van der Waals surface area contributed by atoms with Gasteiger partial charge in [0.15, 0.2) is 5.76 Å². The highest BCUT2D eigenvalue weighted by atomic mass is 127. The Bertz CT molecular complexity index is 921. The van der Waals surface area contributed by atoms with E-state index in [0.717, 1.165) is 14.7 Å². The minimum Gasteiger partial charge on any atom is -0.451 e. The molecule has 0 saturated carbocycles. The zero-order chi connectivity index (χ0) is 17.3. The number of halogens is 3. The third kappa shape index (κ3) is 3.61. The Labute approximate surface area is 163 Å². The van der Waals surface area contributed by atoms with Crippen LogP contribution in [0.3, 0.4) is 0 Å². The molecule has 1 amide bonds. The normalized spacial score (nSPS) is 10.7. The molecule has 24 heavy (non-hydrogen) atoms. The first kappa shape index (κ1) is 17.3. The largest absolute Gasteiger partial charge is 0.451 e. The number of anilines is 1. The first-order valence-electron chi connectivity index (χ1n) is 7.07. The van der Waals surface area contributed by atoms with Crippen molar-refractivity contribution in [2.75, 3.05) is 5.32 Å². The van der Waals surface area contributed by atoms with Crippen molar-refractivity contribution in [1.82, 2.24) is 0 Å². The molecule has 0 saturated heterocycles. The summed E-state index contributed by atoms with van der Waals surface area (Å²) in [5.41, 5.74) is 2.30. The van der Waals surface area contributed by atoms with Gasteiger partial charge in [0.1, 0.15) is 5.76 Å². The van der Waals surface area contributed by atoms with E-state index in [-0.39, 0.29) is 11.7 Å². The van der Waals surface area contributed by atoms with Crippen molar-refractivity contribution in [2.24, 2.45) is 0 Å². The summed E-state index contributed by atoms with van der Waals surface area (Å²) >= 11 is 14.4. The predicted molar refractivity (Wildman–Crippen MR) is 106 cm³/mol. The molecule has 1 aromatic heterocycles. The maximum Gasteiger partial charge on any atom is 0.291 e. The summed E-state index contributed by atoms with van der Waals surface area (Å²) in [6, 6.07) is 14.3. The highest BCUT2D eigenvalue weighted by Crippen LogP contribution is 2.30. The summed E-state index contributed by atoms with van der Waals surface area (Å²) in [4.78, 5) is 12.4. The van der Waals surface area contributed by atoms with Crippen LogP contribution in [0, 0.1) is 10.5 Å². The molecule has 2 aromatic carbocycles. The minimum atomic E-state index is -0.357. The van der Waals surface area contributed by atoms with E-state index in [0.29, 0.717) is 21.5 Å². The smallest absolute Gasteiger partial charge is 0.291 e. The van der Waals surface area contributed by atoms with Crippen LogP contribution in [0.1, 0.15) is 16.1 Å². The molecule has 1 heterocycles. The summed E-state index contributed by atoms with van der Waals surface area (Å²) in [7, 11) is 0. The molecule has 3 rings (SSSR count). The van der Waals surface area contributed by atoms with Gasteiger partial charge in [-0.05, 0) is 71.5 Å². The van der Waals surface area contributed by atoms with Crippen LogP contribution in [0.15, 0.2) is 52.9 Å². The maximum atomic E-state index is 12.4. The SMILES string of the molecule is Cc1c(Cl)cccc1-c1ccc(C(=O)Nc2ccc(I)cc2Cl)o1. The molecule has 0 fully saturated rings. The topological polar surface area (TPSA) is 42.2 Å². The number of carbonyl (C=O) groups is 1. The zero-order valence-corrected chi connectivity index (χ0v) is 16.2. The van der Waals surface area contributed by atoms with Crippen LogP contribution >= 0.6 is 45.8 Å². The van der Waals surface area contributed by atoms with E-state index in [9.17, 15) is 4.79 Å². The lowest BCUT2D eigenvalue weighted by molar-refractivity contribution is 0.0997. The van der Waals surface area contributed by atoms with Gasteiger partial charge in [-0.15, -0.1) is 0 Å². The average Bonchev–Trinajstić information content (AvgIpc) is 3.02. The Morgan fingerprint density at radius 2 is 1.88 bits per heavy atom. The molecule has 0 atom stereocenters. The second kappa shape index (κ2) is 7.17. The van der Waals surface area contributed by atoms with E-state index in [4.69, 9.17) is 27.6 Å². The highest BCUT2D eigenvalue weighted by Gasteiger charge is 2.15. The number of carbonyl (C=O) groups excluding carboxylic acids is 1. The lowest BCUT2D eigenvalue weighted by Crippen LogP contribution is -2.11. The van der Waals surface area contributed by atoms with Crippen molar-refractivity contribution in [1.29, 1.82) is 0 Å². The van der Waals surface area contributed by atoms with Crippen LogP contribution < -0.4 is 5.32 Å². The van der Waals surface area contributed by atoms with Gasteiger partial charge in [-0.2, -0.15) is 0 Å². The third-order valence-corrected chi connectivity index (χ3v) is 4.94. The fourth-order valence-electron chi connectivity index (χ4n) is 2.25. The van der Waals surface area contributed by atoms with Crippen LogP contribution in [0.2, 0.25) is 10.0 Å². The van der Waals surface area contributed by atoms with E-state index in [2.05, 4.69) is 27.9 Å². The molecule has 3 nitrogen and oxygen atoms in total. The van der Waals surface area contributed by atoms with Crippen LogP contribution in [-0.2, 0) is 0 Å². The van der Waals surface area contributed by atoms with E-state index < -0.39 is 0 Å². The number of furan rings is 1. The molecule has 0 unspecified atom stereocenters. The van der Waals surface area contributed by atoms with Crippen LogP contribution in [0.5, 0.6) is 0 Å². The fraction of sp³-hybridized carbons (Fsp3) is 0.0556. The van der Waals surface area contributed by atoms with E-state index in [1.807, 2.05) is 31.2 Å². The van der Waals surface area contributed by atoms with Crippen LogP contribution in [0.25, 0.3) is 11.3 Å². The lowest BCUT2D eigenvalue weighted by atomic mass is 10.1. The molecule has 1 N–H and O–H groups in total. The summed E-state index contributed by atoms with van der Waals surface area (Å²) < 4.78 is 6.68. The Morgan fingerprint density at radius 3 is 2.62 bits per heavy atom. The van der Waals surface area contributed by atoms with Gasteiger partial charge in [0.05, 0.1) is 10.7 Å². The highest BCUT2D eigenvalue weighted by molar-refractivity contribution is 14.1. The van der Waals surface area contributed by atoms with Gasteiger partial charge in [0.25, 0.3) is 5.91 Å². The molecule has 0 bridgehead atoms. The number of benzene rings is 2. The Hall–Kier alpha value is -1.50. The van der Waals surface area contributed by atoms with Gasteiger partial charge in [0.2, 0.25) is 0 Å². The van der Waals surface area contributed by atoms with E-state index in [1.54, 1.807) is 24.3 Å². The summed E-state index contributed by atoms with van der Waals surface area (Å²) in [6.07, 6.45) is 0. The molecular weight excluding hydrogens is 460 g/mol. The molecule has 0 aliphatic carbocycles. The molecule has 0 aliphatic rings.